The van der Waals surface area contributed by atoms with Gasteiger partial charge in [0, 0.05) is 0 Å². The molecule has 0 aromatic carbocycles. The molecule has 3 atom stereocenters. The third-order valence-corrected chi connectivity index (χ3v) is 5.88. The molecule has 0 saturated carbocycles. The van der Waals surface area contributed by atoms with Crippen molar-refractivity contribution in [1.29, 1.82) is 0 Å². The van der Waals surface area contributed by atoms with Crippen LogP contribution >= 0.6 is 0 Å². The fraction of sp³-hybridized carbons (Fsp3) is 0.885. The molecule has 0 fully saturated rings. The maximum atomic E-state index is 12.2. The predicted molar refractivity (Wildman–Crippen MR) is 130 cm³/mol. The Morgan fingerprint density at radius 3 is 1.77 bits per heavy atom. The first kappa shape index (κ1) is 30.1. The van der Waals surface area contributed by atoms with Crippen LogP contribution in [0.1, 0.15) is 123 Å². The molecule has 1 amide bonds. The molecule has 0 aromatic rings. The van der Waals surface area contributed by atoms with Crippen molar-refractivity contribution in [3.63, 3.8) is 0 Å². The van der Waals surface area contributed by atoms with Gasteiger partial charge in [0.25, 0.3) is 0 Å². The molecule has 0 bridgehead atoms. The third-order valence-electron chi connectivity index (χ3n) is 5.88. The zero-order chi connectivity index (χ0) is 23.2. The topological polar surface area (TPSA) is 89.8 Å². The van der Waals surface area contributed by atoms with Gasteiger partial charge in [0.1, 0.15) is 6.10 Å². The van der Waals surface area contributed by atoms with Crippen LogP contribution < -0.4 is 5.32 Å². The van der Waals surface area contributed by atoms with Gasteiger partial charge in [-0.15, -0.1) is 0 Å². The predicted octanol–water partition coefficient (Wildman–Crippen LogP) is 5.41. The Balaban J connectivity index is 3.80. The van der Waals surface area contributed by atoms with Crippen molar-refractivity contribution in [2.75, 3.05) is 6.61 Å². The number of nitrogens with one attached hydrogen (secondary N) is 1. The first-order valence-corrected chi connectivity index (χ1v) is 13.0. The van der Waals surface area contributed by atoms with Crippen LogP contribution in [-0.4, -0.2) is 46.1 Å². The molecule has 4 N–H and O–H groups in total. The van der Waals surface area contributed by atoms with Gasteiger partial charge in [0.2, 0.25) is 5.91 Å². The quantitative estimate of drug-likeness (QED) is 0.133. The summed E-state index contributed by atoms with van der Waals surface area (Å²) in [5.74, 6) is -0.513. The standard InChI is InChI=1S/C26H51NO4/c1-3-5-7-9-10-11-12-13-14-15-17-19-21-25(30)26(31)27-23(22-28)24(29)20-18-16-8-6-4-2/h18,20,23-25,28-30H,3-17,19,21-22H2,1-2H3,(H,27,31)/b20-18+. The average molecular weight is 442 g/mol. The highest BCUT2D eigenvalue weighted by molar-refractivity contribution is 5.80. The van der Waals surface area contributed by atoms with E-state index in [4.69, 9.17) is 0 Å². The molecular formula is C26H51NO4. The Hall–Kier alpha value is -0.910. The second kappa shape index (κ2) is 22.3. The van der Waals surface area contributed by atoms with Crippen molar-refractivity contribution in [1.82, 2.24) is 5.32 Å². The number of carbonyl (C=O) groups excluding carboxylic acids is 1. The van der Waals surface area contributed by atoms with E-state index in [0.717, 1.165) is 44.9 Å². The molecule has 0 aliphatic rings. The minimum Gasteiger partial charge on any atom is -0.394 e. The van der Waals surface area contributed by atoms with Crippen LogP contribution in [0.25, 0.3) is 0 Å². The fourth-order valence-corrected chi connectivity index (χ4v) is 3.71. The van der Waals surface area contributed by atoms with Gasteiger partial charge < -0.3 is 20.6 Å². The Morgan fingerprint density at radius 2 is 1.26 bits per heavy atom. The minimum absolute atomic E-state index is 0.364. The fourth-order valence-electron chi connectivity index (χ4n) is 3.71. The summed E-state index contributed by atoms with van der Waals surface area (Å²) in [7, 11) is 0. The number of rotatable bonds is 22. The van der Waals surface area contributed by atoms with Crippen molar-refractivity contribution in [3.05, 3.63) is 12.2 Å². The molecule has 31 heavy (non-hydrogen) atoms. The van der Waals surface area contributed by atoms with Crippen LogP contribution in [0.4, 0.5) is 0 Å². The van der Waals surface area contributed by atoms with Crippen molar-refractivity contribution < 1.29 is 20.1 Å². The average Bonchev–Trinajstić information content (AvgIpc) is 2.77. The minimum atomic E-state index is -1.09. The Morgan fingerprint density at radius 1 is 0.774 bits per heavy atom. The van der Waals surface area contributed by atoms with E-state index < -0.39 is 24.2 Å². The van der Waals surface area contributed by atoms with E-state index in [2.05, 4.69) is 19.2 Å². The number of unbranched alkanes of at least 4 members (excludes halogenated alkanes) is 14. The summed E-state index contributed by atoms with van der Waals surface area (Å²) < 4.78 is 0. The molecule has 184 valence electrons. The van der Waals surface area contributed by atoms with Crippen LogP contribution in [0, 0.1) is 0 Å². The molecule has 0 rings (SSSR count). The maximum Gasteiger partial charge on any atom is 0.249 e. The van der Waals surface area contributed by atoms with E-state index in [0.29, 0.717) is 6.42 Å². The van der Waals surface area contributed by atoms with Gasteiger partial charge in [-0.1, -0.05) is 116 Å². The number of allylic oxidation sites excluding steroid dienone is 1. The SMILES string of the molecule is CCCCC/C=C/C(O)C(CO)NC(=O)C(O)CCCCCCCCCCCCCC. The van der Waals surface area contributed by atoms with E-state index in [1.807, 2.05) is 6.08 Å². The second-order valence-corrected chi connectivity index (χ2v) is 8.91. The van der Waals surface area contributed by atoms with Crippen molar-refractivity contribution >= 4 is 5.91 Å². The number of hydrogen-bond acceptors (Lipinski definition) is 4. The van der Waals surface area contributed by atoms with Gasteiger partial charge in [0.05, 0.1) is 18.8 Å². The summed E-state index contributed by atoms with van der Waals surface area (Å²) in [4.78, 5) is 12.2. The summed E-state index contributed by atoms with van der Waals surface area (Å²) in [6.45, 7) is 4.02. The highest BCUT2D eigenvalue weighted by atomic mass is 16.3. The Kier molecular flexibility index (Phi) is 21.6. The van der Waals surface area contributed by atoms with E-state index in [-0.39, 0.29) is 6.61 Å². The van der Waals surface area contributed by atoms with E-state index >= 15 is 0 Å². The van der Waals surface area contributed by atoms with Crippen molar-refractivity contribution in [2.24, 2.45) is 0 Å². The molecule has 0 aliphatic heterocycles. The number of hydrogen-bond donors (Lipinski definition) is 4. The summed E-state index contributed by atoms with van der Waals surface area (Å²) in [6, 6.07) is -0.786. The molecule has 5 nitrogen and oxygen atoms in total. The molecule has 0 radical (unpaired) electrons. The number of aliphatic hydroxyl groups excluding tert-OH is 3. The van der Waals surface area contributed by atoms with Crippen molar-refractivity contribution in [2.45, 2.75) is 141 Å². The monoisotopic (exact) mass is 441 g/mol. The van der Waals surface area contributed by atoms with Gasteiger partial charge in [-0.25, -0.2) is 0 Å². The largest absolute Gasteiger partial charge is 0.394 e. The molecule has 3 unspecified atom stereocenters. The Bertz CT molecular complexity index is 428. The maximum absolute atomic E-state index is 12.2. The molecule has 0 heterocycles. The molecule has 5 heteroatoms. The van der Waals surface area contributed by atoms with Crippen LogP contribution in [-0.2, 0) is 4.79 Å². The lowest BCUT2D eigenvalue weighted by Gasteiger charge is -2.21. The van der Waals surface area contributed by atoms with Gasteiger partial charge in [-0.2, -0.15) is 0 Å². The molecular weight excluding hydrogens is 390 g/mol. The molecule has 0 saturated heterocycles. The zero-order valence-corrected chi connectivity index (χ0v) is 20.4. The first-order chi connectivity index (χ1) is 15.1. The third kappa shape index (κ3) is 18.4. The number of carbonyl (C=O) groups is 1. The second-order valence-electron chi connectivity index (χ2n) is 8.91. The summed E-state index contributed by atoms with van der Waals surface area (Å²) in [6.07, 6.45) is 21.0. The first-order valence-electron chi connectivity index (χ1n) is 13.0. The summed E-state index contributed by atoms with van der Waals surface area (Å²) in [5.41, 5.74) is 0. The van der Waals surface area contributed by atoms with Crippen LogP contribution in [0.15, 0.2) is 12.2 Å². The summed E-state index contributed by atoms with van der Waals surface area (Å²) in [5, 5.41) is 32.3. The normalized spacial score (nSPS) is 14.6. The van der Waals surface area contributed by atoms with Gasteiger partial charge in [-0.3, -0.25) is 4.79 Å². The molecule has 0 aromatic heterocycles. The van der Waals surface area contributed by atoms with Gasteiger partial charge in [-0.05, 0) is 19.3 Å². The van der Waals surface area contributed by atoms with E-state index in [1.54, 1.807) is 6.08 Å². The molecule has 0 spiro atoms. The van der Waals surface area contributed by atoms with Crippen molar-refractivity contribution in [3.8, 4) is 0 Å². The number of amides is 1. The lowest BCUT2D eigenvalue weighted by molar-refractivity contribution is -0.131. The van der Waals surface area contributed by atoms with Crippen LogP contribution in [0.5, 0.6) is 0 Å². The summed E-state index contributed by atoms with van der Waals surface area (Å²) >= 11 is 0. The lowest BCUT2D eigenvalue weighted by Crippen LogP contribution is -2.48. The lowest BCUT2D eigenvalue weighted by atomic mass is 10.0. The van der Waals surface area contributed by atoms with E-state index in [9.17, 15) is 20.1 Å². The molecule has 0 aliphatic carbocycles. The zero-order valence-electron chi connectivity index (χ0n) is 20.4. The number of aliphatic hydroxyl groups is 3. The van der Waals surface area contributed by atoms with Gasteiger partial charge in [0.15, 0.2) is 0 Å². The van der Waals surface area contributed by atoms with E-state index in [1.165, 1.54) is 57.8 Å². The van der Waals surface area contributed by atoms with Crippen LogP contribution in [0.3, 0.4) is 0 Å². The highest BCUT2D eigenvalue weighted by Gasteiger charge is 2.22. The van der Waals surface area contributed by atoms with Crippen LogP contribution in [0.2, 0.25) is 0 Å². The highest BCUT2D eigenvalue weighted by Crippen LogP contribution is 2.13. The van der Waals surface area contributed by atoms with Gasteiger partial charge >= 0.3 is 0 Å². The Labute approximate surface area is 191 Å². The smallest absolute Gasteiger partial charge is 0.249 e.